The van der Waals surface area contributed by atoms with E-state index >= 15 is 0 Å². The molecule has 2 atom stereocenters. The summed E-state index contributed by atoms with van der Waals surface area (Å²) in [6, 6.07) is 20.5. The molecule has 0 radical (unpaired) electrons. The molecule has 34 heavy (non-hydrogen) atoms. The number of nitriles is 1. The maximum absolute atomic E-state index is 9.12. The molecule has 1 saturated heterocycles. The minimum atomic E-state index is 0.201. The number of fused-ring (bicyclic) bond motifs is 1. The summed E-state index contributed by atoms with van der Waals surface area (Å²) in [6.07, 6.45) is 5.24. The number of hydrogen-bond acceptors (Lipinski definition) is 5. The molecule has 0 bridgehead atoms. The predicted octanol–water partition coefficient (Wildman–Crippen LogP) is 6.01. The van der Waals surface area contributed by atoms with Crippen LogP contribution < -0.4 is 4.90 Å². The normalized spacial score (nSPS) is 18.1. The van der Waals surface area contributed by atoms with Gasteiger partial charge in [0.1, 0.15) is 5.82 Å². The summed E-state index contributed by atoms with van der Waals surface area (Å²) in [5, 5.41) is 10.3. The summed E-state index contributed by atoms with van der Waals surface area (Å²) in [4.78, 5) is 12.0. The third-order valence-electron chi connectivity index (χ3n) is 6.49. The number of aryl methyl sites for hydroxylation is 1. The Morgan fingerprint density at radius 3 is 2.29 bits per heavy atom. The van der Waals surface area contributed by atoms with E-state index in [2.05, 4.69) is 62.1 Å². The summed E-state index contributed by atoms with van der Waals surface area (Å²) in [6.45, 7) is 8.11. The fourth-order valence-corrected chi connectivity index (χ4v) is 4.96. The predicted molar refractivity (Wildman–Crippen MR) is 137 cm³/mol. The van der Waals surface area contributed by atoms with Crippen LogP contribution in [0.1, 0.15) is 31.9 Å². The van der Waals surface area contributed by atoms with Gasteiger partial charge in [-0.3, -0.25) is 4.98 Å². The minimum Gasteiger partial charge on any atom is -0.372 e. The zero-order chi connectivity index (χ0) is 23.7. The largest absolute Gasteiger partial charge is 0.372 e. The van der Waals surface area contributed by atoms with Gasteiger partial charge in [0.05, 0.1) is 29.4 Å². The number of nitrogens with zero attached hydrogens (tertiary/aromatic N) is 4. The van der Waals surface area contributed by atoms with Crippen LogP contribution in [-0.2, 0) is 11.2 Å². The van der Waals surface area contributed by atoms with E-state index in [1.54, 1.807) is 0 Å². The molecule has 5 rings (SSSR count). The summed E-state index contributed by atoms with van der Waals surface area (Å²) < 4.78 is 5.86. The second-order valence-electron chi connectivity index (χ2n) is 8.96. The van der Waals surface area contributed by atoms with Crippen molar-refractivity contribution in [2.45, 2.75) is 39.4 Å². The molecule has 0 N–H and O–H groups in total. The first-order valence-electron chi connectivity index (χ1n) is 11.8. The summed E-state index contributed by atoms with van der Waals surface area (Å²) in [7, 11) is 0. The van der Waals surface area contributed by atoms with Gasteiger partial charge in [-0.2, -0.15) is 5.26 Å². The number of pyridine rings is 2. The molecule has 170 valence electrons. The minimum absolute atomic E-state index is 0.201. The van der Waals surface area contributed by atoms with Gasteiger partial charge < -0.3 is 9.64 Å². The number of morpholine rings is 1. The van der Waals surface area contributed by atoms with Crippen molar-refractivity contribution in [3.05, 3.63) is 78.1 Å². The lowest BCUT2D eigenvalue weighted by Gasteiger charge is -2.36. The van der Waals surface area contributed by atoms with Crippen LogP contribution in [0.2, 0.25) is 0 Å². The van der Waals surface area contributed by atoms with Crippen LogP contribution in [0.25, 0.3) is 33.2 Å². The van der Waals surface area contributed by atoms with Crippen LogP contribution in [0.3, 0.4) is 0 Å². The quantitative estimate of drug-likeness (QED) is 0.382. The standard InChI is InChI=1S/C29H28N4O/c1-4-24-26-7-5-6-25(22-10-8-21(14-30)9-11-22)29(26)32-16-27(24)23-12-13-28(31-15-23)33-17-19(2)34-20(3)18-33/h5-13,15-16,19-20H,4,17-18H2,1-3H3. The Bertz CT molecular complexity index is 1350. The molecule has 2 aromatic carbocycles. The molecule has 3 heterocycles. The Morgan fingerprint density at radius 1 is 0.912 bits per heavy atom. The van der Waals surface area contributed by atoms with Gasteiger partial charge in [0.25, 0.3) is 0 Å². The molecular weight excluding hydrogens is 420 g/mol. The number of anilines is 1. The van der Waals surface area contributed by atoms with Gasteiger partial charge >= 0.3 is 0 Å². The number of benzene rings is 2. The van der Waals surface area contributed by atoms with Gasteiger partial charge in [0.2, 0.25) is 0 Å². The zero-order valence-electron chi connectivity index (χ0n) is 19.8. The molecule has 2 aromatic heterocycles. The SMILES string of the molecule is CCc1c(-c2ccc(N3CC(C)OC(C)C3)nc2)cnc2c(-c3ccc(C#N)cc3)cccc12. The molecule has 1 aliphatic rings. The monoisotopic (exact) mass is 448 g/mol. The van der Waals surface area contributed by atoms with Crippen molar-refractivity contribution in [2.24, 2.45) is 0 Å². The highest BCUT2D eigenvalue weighted by Crippen LogP contribution is 2.34. The lowest BCUT2D eigenvalue weighted by Crippen LogP contribution is -2.45. The molecule has 5 heteroatoms. The van der Waals surface area contributed by atoms with Crippen molar-refractivity contribution < 1.29 is 4.74 Å². The Kier molecular flexibility index (Phi) is 6.00. The molecule has 1 aliphatic heterocycles. The highest BCUT2D eigenvalue weighted by molar-refractivity contribution is 5.98. The Morgan fingerprint density at radius 2 is 1.65 bits per heavy atom. The van der Waals surface area contributed by atoms with Crippen molar-refractivity contribution in [2.75, 3.05) is 18.0 Å². The van der Waals surface area contributed by atoms with Crippen molar-refractivity contribution in [3.8, 4) is 28.3 Å². The van der Waals surface area contributed by atoms with Crippen LogP contribution >= 0.6 is 0 Å². The van der Waals surface area contributed by atoms with Crippen LogP contribution in [0, 0.1) is 11.3 Å². The summed E-state index contributed by atoms with van der Waals surface area (Å²) >= 11 is 0. The van der Waals surface area contributed by atoms with Gasteiger partial charge in [0.15, 0.2) is 0 Å². The molecule has 0 spiro atoms. The van der Waals surface area contributed by atoms with Gasteiger partial charge in [-0.15, -0.1) is 0 Å². The molecule has 2 unspecified atom stereocenters. The Hall–Kier alpha value is -3.75. The van der Waals surface area contributed by atoms with E-state index in [-0.39, 0.29) is 12.2 Å². The van der Waals surface area contributed by atoms with E-state index in [9.17, 15) is 0 Å². The van der Waals surface area contributed by atoms with Crippen LogP contribution in [-0.4, -0.2) is 35.3 Å². The van der Waals surface area contributed by atoms with E-state index < -0.39 is 0 Å². The van der Waals surface area contributed by atoms with Crippen molar-refractivity contribution in [1.82, 2.24) is 9.97 Å². The first-order valence-corrected chi connectivity index (χ1v) is 11.8. The summed E-state index contributed by atoms with van der Waals surface area (Å²) in [5.41, 5.74) is 7.24. The number of aromatic nitrogens is 2. The fourth-order valence-electron chi connectivity index (χ4n) is 4.96. The van der Waals surface area contributed by atoms with E-state index in [0.717, 1.165) is 58.5 Å². The van der Waals surface area contributed by atoms with Crippen molar-refractivity contribution in [1.29, 1.82) is 5.26 Å². The molecule has 0 saturated carbocycles. The van der Waals surface area contributed by atoms with E-state index in [0.29, 0.717) is 5.56 Å². The second-order valence-corrected chi connectivity index (χ2v) is 8.96. The van der Waals surface area contributed by atoms with Crippen molar-refractivity contribution >= 4 is 16.7 Å². The average molecular weight is 449 g/mol. The van der Waals surface area contributed by atoms with Gasteiger partial charge in [-0.05, 0) is 55.7 Å². The third-order valence-corrected chi connectivity index (χ3v) is 6.49. The van der Waals surface area contributed by atoms with Crippen LogP contribution in [0.15, 0.2) is 67.0 Å². The summed E-state index contributed by atoms with van der Waals surface area (Å²) in [5.74, 6) is 0.987. The molecule has 5 nitrogen and oxygen atoms in total. The Labute approximate surface area is 200 Å². The lowest BCUT2D eigenvalue weighted by atomic mass is 9.93. The maximum atomic E-state index is 9.12. The first-order chi connectivity index (χ1) is 16.6. The number of ether oxygens (including phenoxy) is 1. The molecular formula is C29H28N4O. The lowest BCUT2D eigenvalue weighted by molar-refractivity contribution is -0.00545. The van der Waals surface area contributed by atoms with Crippen LogP contribution in [0.4, 0.5) is 5.82 Å². The highest BCUT2D eigenvalue weighted by atomic mass is 16.5. The van der Waals surface area contributed by atoms with Gasteiger partial charge in [-0.1, -0.05) is 37.3 Å². The molecule has 1 fully saturated rings. The molecule has 4 aromatic rings. The maximum Gasteiger partial charge on any atom is 0.128 e. The first kappa shape index (κ1) is 22.1. The number of para-hydroxylation sites is 1. The highest BCUT2D eigenvalue weighted by Gasteiger charge is 2.23. The number of rotatable bonds is 4. The smallest absolute Gasteiger partial charge is 0.128 e. The van der Waals surface area contributed by atoms with E-state index in [1.165, 1.54) is 5.56 Å². The second kappa shape index (κ2) is 9.24. The van der Waals surface area contributed by atoms with E-state index in [1.807, 2.05) is 36.7 Å². The zero-order valence-corrected chi connectivity index (χ0v) is 19.8. The number of hydrogen-bond donors (Lipinski definition) is 0. The van der Waals surface area contributed by atoms with E-state index in [4.69, 9.17) is 20.0 Å². The fraction of sp³-hybridized carbons (Fsp3) is 0.276. The third kappa shape index (κ3) is 4.13. The molecule has 0 aliphatic carbocycles. The van der Waals surface area contributed by atoms with Gasteiger partial charge in [-0.25, -0.2) is 4.98 Å². The van der Waals surface area contributed by atoms with Crippen molar-refractivity contribution in [3.63, 3.8) is 0 Å². The van der Waals surface area contributed by atoms with Crippen LogP contribution in [0.5, 0.6) is 0 Å². The average Bonchev–Trinajstić information content (AvgIpc) is 2.87. The molecule has 0 amide bonds. The van der Waals surface area contributed by atoms with Gasteiger partial charge in [0, 0.05) is 47.6 Å². The topological polar surface area (TPSA) is 62.0 Å². The Balaban J connectivity index is 1.52.